The van der Waals surface area contributed by atoms with Crippen molar-refractivity contribution in [1.82, 2.24) is 15.1 Å². The van der Waals surface area contributed by atoms with Crippen molar-refractivity contribution in [2.75, 3.05) is 31.5 Å². The molecule has 8 nitrogen and oxygen atoms in total. The number of amides is 4. The molecule has 1 aromatic rings. The fourth-order valence-corrected chi connectivity index (χ4v) is 4.18. The number of likely N-dealkylation sites (tertiary alicyclic amines) is 2. The van der Waals surface area contributed by atoms with Gasteiger partial charge < -0.3 is 25.2 Å². The first-order valence-corrected chi connectivity index (χ1v) is 11.0. The smallest absolute Gasteiger partial charge is 0.387 e. The molecule has 2 aliphatic heterocycles. The van der Waals surface area contributed by atoms with Crippen LogP contribution < -0.4 is 15.4 Å². The largest absolute Gasteiger partial charge is 0.433 e. The molecule has 1 aromatic carbocycles. The topological polar surface area (TPSA) is 91.0 Å². The van der Waals surface area contributed by atoms with Crippen LogP contribution in [0.1, 0.15) is 39.0 Å². The monoisotopic (exact) mass is 452 g/mol. The maximum absolute atomic E-state index is 12.7. The van der Waals surface area contributed by atoms with Crippen molar-refractivity contribution in [1.29, 1.82) is 0 Å². The van der Waals surface area contributed by atoms with Gasteiger partial charge >= 0.3 is 12.6 Å². The summed E-state index contributed by atoms with van der Waals surface area (Å²) in [6.45, 7) is 1.10. The number of halogens is 2. The maximum Gasteiger partial charge on any atom is 0.387 e. The highest BCUT2D eigenvalue weighted by Crippen LogP contribution is 2.25. The Morgan fingerprint density at radius 3 is 2.31 bits per heavy atom. The van der Waals surface area contributed by atoms with Gasteiger partial charge in [0.2, 0.25) is 11.8 Å². The van der Waals surface area contributed by atoms with Crippen LogP contribution in [0.3, 0.4) is 0 Å². The van der Waals surface area contributed by atoms with Crippen LogP contribution in [0, 0.1) is 5.92 Å². The van der Waals surface area contributed by atoms with Crippen molar-refractivity contribution in [2.24, 2.45) is 5.92 Å². The van der Waals surface area contributed by atoms with Crippen LogP contribution in [0.15, 0.2) is 24.3 Å². The van der Waals surface area contributed by atoms with E-state index < -0.39 is 18.7 Å². The van der Waals surface area contributed by atoms with Crippen molar-refractivity contribution in [3.05, 3.63) is 24.3 Å². The van der Waals surface area contributed by atoms with E-state index in [0.717, 1.165) is 25.9 Å². The number of alkyl halides is 2. The summed E-state index contributed by atoms with van der Waals surface area (Å²) in [5, 5.41) is 4.97. The van der Waals surface area contributed by atoms with Gasteiger partial charge in [-0.15, -0.1) is 0 Å². The van der Waals surface area contributed by atoms with Crippen molar-refractivity contribution in [3.8, 4) is 5.75 Å². The third-order valence-corrected chi connectivity index (χ3v) is 5.89. The lowest BCUT2D eigenvalue weighted by atomic mass is 9.94. The number of ether oxygens (including phenoxy) is 1. The second-order valence-corrected chi connectivity index (χ2v) is 8.18. The Hall–Kier alpha value is -2.91. The van der Waals surface area contributed by atoms with Gasteiger partial charge in [0.1, 0.15) is 11.8 Å². The predicted molar refractivity (Wildman–Crippen MR) is 114 cm³/mol. The summed E-state index contributed by atoms with van der Waals surface area (Å²) in [7, 11) is 0. The molecule has 0 aliphatic carbocycles. The normalized spacial score (nSPS) is 18.2. The third kappa shape index (κ3) is 6.30. The Morgan fingerprint density at radius 1 is 1.00 bits per heavy atom. The first-order valence-electron chi connectivity index (χ1n) is 11.0. The molecular weight excluding hydrogens is 422 g/mol. The minimum Gasteiger partial charge on any atom is -0.433 e. The summed E-state index contributed by atoms with van der Waals surface area (Å²) in [6.07, 6.45) is 4.48. The third-order valence-electron chi connectivity index (χ3n) is 5.89. The fourth-order valence-electron chi connectivity index (χ4n) is 4.18. The maximum atomic E-state index is 12.7. The fraction of sp³-hybridized carbons (Fsp3) is 0.591. The van der Waals surface area contributed by atoms with Crippen LogP contribution in [-0.2, 0) is 9.59 Å². The molecule has 2 saturated heterocycles. The van der Waals surface area contributed by atoms with E-state index in [1.54, 1.807) is 17.9 Å². The van der Waals surface area contributed by atoms with Gasteiger partial charge in [-0.25, -0.2) is 4.79 Å². The zero-order valence-corrected chi connectivity index (χ0v) is 18.2. The average molecular weight is 453 g/mol. The van der Waals surface area contributed by atoms with Gasteiger partial charge in [-0.05, 0) is 51.2 Å². The molecular formula is C22H30F2N4O4. The van der Waals surface area contributed by atoms with E-state index in [2.05, 4.69) is 15.4 Å². The summed E-state index contributed by atoms with van der Waals surface area (Å²) < 4.78 is 29.4. The van der Waals surface area contributed by atoms with Crippen molar-refractivity contribution in [2.45, 2.75) is 51.7 Å². The van der Waals surface area contributed by atoms with Gasteiger partial charge in [0, 0.05) is 32.1 Å². The molecule has 2 fully saturated rings. The summed E-state index contributed by atoms with van der Waals surface area (Å²) in [6, 6.07) is 4.29. The van der Waals surface area contributed by atoms with Gasteiger partial charge in [-0.1, -0.05) is 12.1 Å². The van der Waals surface area contributed by atoms with Gasteiger partial charge in [0.05, 0.1) is 5.69 Å². The van der Waals surface area contributed by atoms with Crippen LogP contribution >= 0.6 is 0 Å². The van der Waals surface area contributed by atoms with Crippen molar-refractivity contribution >= 4 is 23.5 Å². The number of hydrogen-bond acceptors (Lipinski definition) is 4. The summed E-state index contributed by atoms with van der Waals surface area (Å²) in [5.74, 6) is -0.291. The molecule has 0 bridgehead atoms. The Kier molecular flexibility index (Phi) is 8.24. The molecule has 1 atom stereocenters. The summed E-state index contributed by atoms with van der Waals surface area (Å²) in [5.41, 5.74) is 0.0713. The first kappa shape index (κ1) is 23.7. The second kappa shape index (κ2) is 11.1. The number of carbonyl (C=O) groups is 3. The van der Waals surface area contributed by atoms with Crippen LogP contribution in [0.5, 0.6) is 5.75 Å². The quantitative estimate of drug-likeness (QED) is 0.694. The molecule has 3 rings (SSSR count). The number of benzene rings is 1. The zero-order valence-electron chi connectivity index (χ0n) is 18.2. The van der Waals surface area contributed by atoms with E-state index in [0.29, 0.717) is 25.9 Å². The van der Waals surface area contributed by atoms with Crippen LogP contribution in [0.25, 0.3) is 0 Å². The lowest BCUT2D eigenvalue weighted by molar-refractivity contribution is -0.141. The van der Waals surface area contributed by atoms with Crippen LogP contribution in [-0.4, -0.2) is 66.5 Å². The Bertz CT molecular complexity index is 809. The van der Waals surface area contributed by atoms with Gasteiger partial charge in [-0.2, -0.15) is 8.78 Å². The highest BCUT2D eigenvalue weighted by atomic mass is 19.3. The van der Waals surface area contributed by atoms with Crippen LogP contribution in [0.4, 0.5) is 19.3 Å². The molecule has 0 unspecified atom stereocenters. The number of carbonyl (C=O) groups excluding carboxylic acids is 3. The number of piperidine rings is 2. The van der Waals surface area contributed by atoms with Crippen molar-refractivity contribution < 1.29 is 27.9 Å². The minimum atomic E-state index is -3.02. The second-order valence-electron chi connectivity index (χ2n) is 8.18. The number of hydrogen-bond donors (Lipinski definition) is 2. The highest BCUT2D eigenvalue weighted by molar-refractivity contribution is 5.94. The number of nitrogens with zero attached hydrogens (tertiary/aromatic N) is 2. The summed E-state index contributed by atoms with van der Waals surface area (Å²) >= 11 is 0. The molecule has 2 heterocycles. The van der Waals surface area contributed by atoms with E-state index in [4.69, 9.17) is 0 Å². The standard InChI is InChI=1S/C22H30F2N4O4/c1-15(25-22(31)26-17-7-3-4-8-18(17)32-21(23)24)19(29)28-13-9-16(10-14-28)20(30)27-11-5-2-6-12-27/h3-4,7-8,15-16,21H,2,5-6,9-14H2,1H3,(H2,25,26,31)/t15-/m0/s1. The number of rotatable bonds is 6. The molecule has 2 aliphatic rings. The number of para-hydroxylation sites is 2. The molecule has 4 amide bonds. The van der Waals surface area contributed by atoms with Crippen LogP contribution in [0.2, 0.25) is 0 Å². The zero-order chi connectivity index (χ0) is 23.1. The van der Waals surface area contributed by atoms with E-state index in [1.807, 2.05) is 4.90 Å². The van der Waals surface area contributed by atoms with Gasteiger partial charge in [-0.3, -0.25) is 9.59 Å². The minimum absolute atomic E-state index is 0.0601. The lowest BCUT2D eigenvalue weighted by Gasteiger charge is -2.36. The SMILES string of the molecule is C[C@H](NC(=O)Nc1ccccc1OC(F)F)C(=O)N1CCC(C(=O)N2CCCCC2)CC1. The Morgan fingerprint density at radius 2 is 1.66 bits per heavy atom. The van der Waals surface area contributed by atoms with E-state index in [9.17, 15) is 23.2 Å². The number of urea groups is 1. The lowest BCUT2D eigenvalue weighted by Crippen LogP contribution is -2.51. The van der Waals surface area contributed by atoms with Gasteiger partial charge in [0.15, 0.2) is 0 Å². The van der Waals surface area contributed by atoms with Gasteiger partial charge in [0.25, 0.3) is 0 Å². The highest BCUT2D eigenvalue weighted by Gasteiger charge is 2.32. The molecule has 0 radical (unpaired) electrons. The molecule has 0 aromatic heterocycles. The molecule has 10 heteroatoms. The molecule has 176 valence electrons. The van der Waals surface area contributed by atoms with E-state index in [1.165, 1.54) is 24.6 Å². The van der Waals surface area contributed by atoms with E-state index >= 15 is 0 Å². The molecule has 0 saturated carbocycles. The Labute approximate surface area is 186 Å². The predicted octanol–water partition coefficient (Wildman–Crippen LogP) is 3.05. The average Bonchev–Trinajstić information content (AvgIpc) is 2.79. The molecule has 0 spiro atoms. The van der Waals surface area contributed by atoms with Crippen molar-refractivity contribution in [3.63, 3.8) is 0 Å². The number of nitrogens with one attached hydrogen (secondary N) is 2. The first-order chi connectivity index (χ1) is 15.3. The number of anilines is 1. The molecule has 32 heavy (non-hydrogen) atoms. The van der Waals surface area contributed by atoms with E-state index in [-0.39, 0.29) is 29.2 Å². The molecule has 2 N–H and O–H groups in total. The Balaban J connectivity index is 1.47. The summed E-state index contributed by atoms with van der Waals surface area (Å²) in [4.78, 5) is 41.3.